The first-order valence-corrected chi connectivity index (χ1v) is 9.16. The molecule has 1 heterocycles. The first-order valence-electron chi connectivity index (χ1n) is 9.16. The maximum absolute atomic E-state index is 14.2. The van der Waals surface area contributed by atoms with Gasteiger partial charge in [0.1, 0.15) is 17.8 Å². The van der Waals surface area contributed by atoms with E-state index in [2.05, 4.69) is 0 Å². The number of halogens is 4. The molecule has 0 N–H and O–H groups in total. The van der Waals surface area contributed by atoms with Crippen LogP contribution in [0.15, 0.2) is 6.07 Å². The number of likely N-dealkylation sites (N-methyl/N-ethyl adjacent to an activating group) is 1. The molecule has 1 aliphatic heterocycles. The summed E-state index contributed by atoms with van der Waals surface area (Å²) < 4.78 is 60.2. The van der Waals surface area contributed by atoms with Crippen molar-refractivity contribution in [2.75, 3.05) is 7.05 Å². The summed E-state index contributed by atoms with van der Waals surface area (Å²) in [6, 6.07) is -0.767. The second-order valence-corrected chi connectivity index (χ2v) is 9.26. The number of ether oxygens (including phenoxy) is 1. The van der Waals surface area contributed by atoms with Crippen molar-refractivity contribution in [2.24, 2.45) is 5.41 Å². The van der Waals surface area contributed by atoms with E-state index in [0.717, 1.165) is 4.90 Å². The van der Waals surface area contributed by atoms with Gasteiger partial charge < -0.3 is 9.64 Å². The first-order chi connectivity index (χ1) is 13.1. The van der Waals surface area contributed by atoms with Gasteiger partial charge in [-0.15, -0.1) is 0 Å². The maximum atomic E-state index is 14.2. The van der Waals surface area contributed by atoms with Gasteiger partial charge in [0.15, 0.2) is 23.3 Å². The van der Waals surface area contributed by atoms with Crippen molar-refractivity contribution in [1.29, 1.82) is 0 Å². The summed E-state index contributed by atoms with van der Waals surface area (Å²) in [6.07, 6.45) is -2.09. The molecule has 2 atom stereocenters. The monoisotopic (exact) mass is 418 g/mol. The molecule has 5 nitrogen and oxygen atoms in total. The Balaban J connectivity index is 2.53. The van der Waals surface area contributed by atoms with Gasteiger partial charge in [0.2, 0.25) is 5.91 Å². The maximum Gasteiger partial charge on any atom is 0.412 e. The Morgan fingerprint density at radius 2 is 1.59 bits per heavy atom. The summed E-state index contributed by atoms with van der Waals surface area (Å²) in [6.45, 7) is 10.4. The Hall–Kier alpha value is -2.32. The number of hydrogen-bond donors (Lipinski definition) is 0. The van der Waals surface area contributed by atoms with Crippen LogP contribution in [0.3, 0.4) is 0 Å². The fourth-order valence-electron chi connectivity index (χ4n) is 3.54. The summed E-state index contributed by atoms with van der Waals surface area (Å²) in [5.41, 5.74) is -2.02. The van der Waals surface area contributed by atoms with E-state index in [-0.39, 0.29) is 0 Å². The Morgan fingerprint density at radius 1 is 1.03 bits per heavy atom. The van der Waals surface area contributed by atoms with Crippen LogP contribution in [0.4, 0.5) is 22.4 Å². The number of nitrogens with zero attached hydrogens (tertiary/aromatic N) is 2. The van der Waals surface area contributed by atoms with Crippen LogP contribution in [0, 0.1) is 28.7 Å². The van der Waals surface area contributed by atoms with Crippen molar-refractivity contribution in [3.63, 3.8) is 0 Å². The SMILES string of the molecule is CN1C(=O)[C@H](Cc2cc(F)c(F)c(F)c2F)N(C(=O)OC(C)(C)C)[C@H]1C(C)(C)C. The van der Waals surface area contributed by atoms with E-state index in [0.29, 0.717) is 6.07 Å². The van der Waals surface area contributed by atoms with Crippen LogP contribution in [0.25, 0.3) is 0 Å². The molecular formula is C20H26F4N2O3. The molecular weight excluding hydrogens is 392 g/mol. The van der Waals surface area contributed by atoms with Gasteiger partial charge in [-0.3, -0.25) is 9.69 Å². The number of carbonyl (C=O) groups is 2. The van der Waals surface area contributed by atoms with Crippen LogP contribution < -0.4 is 0 Å². The zero-order chi connectivity index (χ0) is 22.5. The third-order valence-electron chi connectivity index (χ3n) is 4.57. The number of benzene rings is 1. The highest BCUT2D eigenvalue weighted by atomic mass is 19.2. The molecule has 1 saturated heterocycles. The van der Waals surface area contributed by atoms with E-state index in [1.807, 2.05) is 0 Å². The number of amides is 2. The molecule has 9 heteroatoms. The summed E-state index contributed by atoms with van der Waals surface area (Å²) >= 11 is 0. The topological polar surface area (TPSA) is 49.9 Å². The van der Waals surface area contributed by atoms with Gasteiger partial charge in [-0.05, 0) is 32.4 Å². The minimum absolute atomic E-state index is 0.499. The Bertz CT molecular complexity index is 830. The standard InChI is InChI=1S/C20H26F4N2O3/c1-19(2,3)17-25(7)16(27)12(26(17)18(28)29-20(4,5)6)9-10-8-11(21)14(23)15(24)13(10)22/h8,12,17H,9H2,1-7H3/t12-,17-/m0/s1. The predicted molar refractivity (Wildman–Crippen MR) is 97.9 cm³/mol. The van der Waals surface area contributed by atoms with Crippen LogP contribution in [-0.2, 0) is 16.0 Å². The van der Waals surface area contributed by atoms with Crippen LogP contribution in [0.2, 0.25) is 0 Å². The average Bonchev–Trinajstić information content (AvgIpc) is 2.81. The van der Waals surface area contributed by atoms with Crippen LogP contribution in [0.1, 0.15) is 47.1 Å². The number of hydrogen-bond acceptors (Lipinski definition) is 3. The highest BCUT2D eigenvalue weighted by Crippen LogP contribution is 2.36. The van der Waals surface area contributed by atoms with E-state index in [1.165, 1.54) is 11.9 Å². The van der Waals surface area contributed by atoms with Crippen molar-refractivity contribution in [1.82, 2.24) is 9.80 Å². The molecule has 29 heavy (non-hydrogen) atoms. The molecule has 0 radical (unpaired) electrons. The van der Waals surface area contributed by atoms with Crippen molar-refractivity contribution >= 4 is 12.0 Å². The smallest absolute Gasteiger partial charge is 0.412 e. The molecule has 0 aliphatic carbocycles. The van der Waals surface area contributed by atoms with E-state index < -0.39 is 70.5 Å². The fraction of sp³-hybridized carbons (Fsp3) is 0.600. The van der Waals surface area contributed by atoms with E-state index >= 15 is 0 Å². The minimum Gasteiger partial charge on any atom is -0.444 e. The molecule has 162 valence electrons. The van der Waals surface area contributed by atoms with E-state index in [1.54, 1.807) is 41.5 Å². The van der Waals surface area contributed by atoms with Gasteiger partial charge in [0.25, 0.3) is 0 Å². The van der Waals surface area contributed by atoms with E-state index in [9.17, 15) is 27.2 Å². The molecule has 0 spiro atoms. The molecule has 0 aromatic heterocycles. The second-order valence-electron chi connectivity index (χ2n) is 9.26. The molecule has 1 aromatic carbocycles. The van der Waals surface area contributed by atoms with Crippen molar-refractivity contribution < 1.29 is 31.9 Å². The normalized spacial score (nSPS) is 20.4. The molecule has 2 rings (SSSR count). The van der Waals surface area contributed by atoms with Crippen molar-refractivity contribution in [2.45, 2.75) is 65.8 Å². The zero-order valence-corrected chi connectivity index (χ0v) is 17.6. The lowest BCUT2D eigenvalue weighted by molar-refractivity contribution is -0.129. The van der Waals surface area contributed by atoms with Crippen molar-refractivity contribution in [3.05, 3.63) is 34.9 Å². The molecule has 2 amide bonds. The van der Waals surface area contributed by atoms with E-state index in [4.69, 9.17) is 4.74 Å². The minimum atomic E-state index is -1.96. The quantitative estimate of drug-likeness (QED) is 0.410. The second kappa shape index (κ2) is 7.50. The summed E-state index contributed by atoms with van der Waals surface area (Å²) in [5.74, 6) is -7.61. The fourth-order valence-corrected chi connectivity index (χ4v) is 3.54. The summed E-state index contributed by atoms with van der Waals surface area (Å²) in [4.78, 5) is 28.3. The van der Waals surface area contributed by atoms with Gasteiger partial charge >= 0.3 is 6.09 Å². The lowest BCUT2D eigenvalue weighted by Crippen LogP contribution is -2.52. The Kier molecular flexibility index (Phi) is 5.94. The molecule has 0 bridgehead atoms. The zero-order valence-electron chi connectivity index (χ0n) is 17.6. The average molecular weight is 418 g/mol. The lowest BCUT2D eigenvalue weighted by Gasteiger charge is -2.39. The van der Waals surface area contributed by atoms with Gasteiger partial charge in [0.05, 0.1) is 0 Å². The van der Waals surface area contributed by atoms with Crippen LogP contribution >= 0.6 is 0 Å². The number of rotatable bonds is 2. The van der Waals surface area contributed by atoms with Gasteiger partial charge in [-0.25, -0.2) is 22.4 Å². The molecule has 0 saturated carbocycles. The van der Waals surface area contributed by atoms with Crippen molar-refractivity contribution in [3.8, 4) is 0 Å². The van der Waals surface area contributed by atoms with Crippen LogP contribution in [0.5, 0.6) is 0 Å². The largest absolute Gasteiger partial charge is 0.444 e. The van der Waals surface area contributed by atoms with Crippen LogP contribution in [-0.4, -0.2) is 46.7 Å². The van der Waals surface area contributed by atoms with Gasteiger partial charge in [-0.1, -0.05) is 20.8 Å². The first kappa shape index (κ1) is 23.0. The third-order valence-corrected chi connectivity index (χ3v) is 4.57. The van der Waals surface area contributed by atoms with Gasteiger partial charge in [-0.2, -0.15) is 0 Å². The Labute approximate surface area is 167 Å². The summed E-state index contributed by atoms with van der Waals surface area (Å²) in [5, 5.41) is 0. The highest BCUT2D eigenvalue weighted by molar-refractivity contribution is 5.89. The predicted octanol–water partition coefficient (Wildman–Crippen LogP) is 4.24. The highest BCUT2D eigenvalue weighted by Gasteiger charge is 2.52. The molecule has 1 aromatic rings. The summed E-state index contributed by atoms with van der Waals surface area (Å²) in [7, 11) is 1.48. The molecule has 0 unspecified atom stereocenters. The number of carbonyl (C=O) groups excluding carboxylic acids is 2. The molecule has 1 aliphatic rings. The third kappa shape index (κ3) is 4.48. The van der Waals surface area contributed by atoms with Gasteiger partial charge in [0, 0.05) is 18.9 Å². The molecule has 1 fully saturated rings. The Morgan fingerprint density at radius 3 is 2.07 bits per heavy atom. The lowest BCUT2D eigenvalue weighted by atomic mass is 9.91.